The number of aliphatic hydroxyl groups is 1. The first-order valence-corrected chi connectivity index (χ1v) is 5.92. The Kier molecular flexibility index (Phi) is 4.50. The number of nitrogens with two attached hydrogens (primary N) is 1. The molecule has 92 valence electrons. The van der Waals surface area contributed by atoms with Crippen LogP contribution in [0, 0.1) is 5.41 Å². The molecule has 0 radical (unpaired) electrons. The zero-order chi connectivity index (χ0) is 12.2. The third kappa shape index (κ3) is 2.83. The summed E-state index contributed by atoms with van der Waals surface area (Å²) >= 11 is 0. The molecular formula is C12H23N3O. The lowest BCUT2D eigenvalue weighted by Crippen LogP contribution is -2.36. The van der Waals surface area contributed by atoms with E-state index in [0.29, 0.717) is 12.6 Å². The number of hydrogen-bond donors (Lipinski definition) is 2. The second kappa shape index (κ2) is 5.46. The maximum atomic E-state index is 9.44. The molecule has 4 heteroatoms. The number of rotatable bonds is 6. The van der Waals surface area contributed by atoms with Gasteiger partial charge in [0.2, 0.25) is 0 Å². The van der Waals surface area contributed by atoms with E-state index in [9.17, 15) is 5.11 Å². The van der Waals surface area contributed by atoms with E-state index in [2.05, 4.69) is 25.9 Å². The molecule has 0 aliphatic carbocycles. The summed E-state index contributed by atoms with van der Waals surface area (Å²) in [6.45, 7) is 6.86. The summed E-state index contributed by atoms with van der Waals surface area (Å²) in [5.41, 5.74) is 6.55. The first-order chi connectivity index (χ1) is 7.56. The molecule has 1 unspecified atom stereocenters. The van der Waals surface area contributed by atoms with Crippen LogP contribution < -0.4 is 5.73 Å². The standard InChI is InChI=1S/C12H23N3O/c1-4-12(8-13,9-16)7-11-5-6-15(14-11)10(2)3/h5-6,10,16H,4,7-9,13H2,1-3H3. The summed E-state index contributed by atoms with van der Waals surface area (Å²) in [6, 6.07) is 2.38. The van der Waals surface area contributed by atoms with Crippen molar-refractivity contribution in [2.45, 2.75) is 39.7 Å². The molecule has 4 nitrogen and oxygen atoms in total. The fourth-order valence-corrected chi connectivity index (χ4v) is 1.72. The smallest absolute Gasteiger partial charge is 0.0631 e. The van der Waals surface area contributed by atoms with Crippen LogP contribution in [0.2, 0.25) is 0 Å². The Balaban J connectivity index is 2.77. The third-order valence-corrected chi connectivity index (χ3v) is 3.27. The third-order valence-electron chi connectivity index (χ3n) is 3.27. The van der Waals surface area contributed by atoms with Crippen LogP contribution >= 0.6 is 0 Å². The Morgan fingerprint density at radius 3 is 2.62 bits per heavy atom. The average Bonchev–Trinajstić information content (AvgIpc) is 2.74. The zero-order valence-electron chi connectivity index (χ0n) is 10.5. The van der Waals surface area contributed by atoms with Crippen LogP contribution in [-0.4, -0.2) is 28.0 Å². The van der Waals surface area contributed by atoms with Gasteiger partial charge in [0.1, 0.15) is 0 Å². The Morgan fingerprint density at radius 2 is 2.25 bits per heavy atom. The molecule has 1 heterocycles. The fourth-order valence-electron chi connectivity index (χ4n) is 1.72. The highest BCUT2D eigenvalue weighted by Crippen LogP contribution is 2.24. The van der Waals surface area contributed by atoms with E-state index in [4.69, 9.17) is 5.73 Å². The van der Waals surface area contributed by atoms with E-state index in [1.54, 1.807) is 0 Å². The van der Waals surface area contributed by atoms with Crippen molar-refractivity contribution in [3.8, 4) is 0 Å². The number of aromatic nitrogens is 2. The monoisotopic (exact) mass is 225 g/mol. The van der Waals surface area contributed by atoms with E-state index in [-0.39, 0.29) is 12.0 Å². The van der Waals surface area contributed by atoms with Gasteiger partial charge >= 0.3 is 0 Å². The molecular weight excluding hydrogens is 202 g/mol. The van der Waals surface area contributed by atoms with Crippen molar-refractivity contribution in [2.24, 2.45) is 11.1 Å². The maximum Gasteiger partial charge on any atom is 0.0631 e. The number of aliphatic hydroxyl groups excluding tert-OH is 1. The Morgan fingerprint density at radius 1 is 1.56 bits per heavy atom. The first kappa shape index (κ1) is 13.2. The summed E-state index contributed by atoms with van der Waals surface area (Å²) in [6.07, 6.45) is 3.60. The van der Waals surface area contributed by atoms with Gasteiger partial charge in [-0.05, 0) is 26.3 Å². The zero-order valence-corrected chi connectivity index (χ0v) is 10.5. The second-order valence-electron chi connectivity index (χ2n) is 4.77. The molecule has 0 aromatic carbocycles. The molecule has 0 bridgehead atoms. The molecule has 0 saturated carbocycles. The lowest BCUT2D eigenvalue weighted by atomic mass is 9.81. The highest BCUT2D eigenvalue weighted by atomic mass is 16.3. The fraction of sp³-hybridized carbons (Fsp3) is 0.750. The number of hydrogen-bond acceptors (Lipinski definition) is 3. The van der Waals surface area contributed by atoms with Gasteiger partial charge in [0.15, 0.2) is 0 Å². The van der Waals surface area contributed by atoms with Crippen LogP contribution in [0.25, 0.3) is 0 Å². The summed E-state index contributed by atoms with van der Waals surface area (Å²) in [5.74, 6) is 0. The lowest BCUT2D eigenvalue weighted by Gasteiger charge is -2.28. The van der Waals surface area contributed by atoms with Gasteiger partial charge in [0.25, 0.3) is 0 Å². The minimum absolute atomic E-state index is 0.120. The Bertz CT molecular complexity index is 308. The van der Waals surface area contributed by atoms with Crippen LogP contribution in [0.5, 0.6) is 0 Å². The molecule has 1 aromatic rings. The van der Waals surface area contributed by atoms with Gasteiger partial charge in [-0.1, -0.05) is 6.92 Å². The van der Waals surface area contributed by atoms with E-state index in [1.807, 2.05) is 16.9 Å². The van der Waals surface area contributed by atoms with Crippen LogP contribution in [0.4, 0.5) is 0 Å². The Labute approximate surface area is 97.5 Å². The SMILES string of the molecule is CCC(CN)(CO)Cc1ccn(C(C)C)n1. The normalized spacial score (nSPS) is 15.4. The molecule has 16 heavy (non-hydrogen) atoms. The minimum atomic E-state index is -0.212. The predicted molar refractivity (Wildman–Crippen MR) is 65.2 cm³/mol. The molecule has 0 fully saturated rings. The van der Waals surface area contributed by atoms with Crippen molar-refractivity contribution in [2.75, 3.05) is 13.2 Å². The first-order valence-electron chi connectivity index (χ1n) is 5.92. The predicted octanol–water partition coefficient (Wildman–Crippen LogP) is 1.35. The lowest BCUT2D eigenvalue weighted by molar-refractivity contribution is 0.126. The molecule has 0 amide bonds. The molecule has 1 atom stereocenters. The van der Waals surface area contributed by atoms with Gasteiger partial charge in [0.05, 0.1) is 12.3 Å². The molecule has 0 spiro atoms. The molecule has 0 aliphatic rings. The van der Waals surface area contributed by atoms with Crippen LogP contribution in [0.1, 0.15) is 38.9 Å². The van der Waals surface area contributed by atoms with Gasteiger partial charge < -0.3 is 10.8 Å². The van der Waals surface area contributed by atoms with Crippen molar-refractivity contribution >= 4 is 0 Å². The quantitative estimate of drug-likeness (QED) is 0.768. The molecule has 3 N–H and O–H groups in total. The highest BCUT2D eigenvalue weighted by Gasteiger charge is 2.27. The van der Waals surface area contributed by atoms with Crippen molar-refractivity contribution in [3.63, 3.8) is 0 Å². The largest absolute Gasteiger partial charge is 0.396 e. The summed E-state index contributed by atoms with van der Waals surface area (Å²) in [7, 11) is 0. The van der Waals surface area contributed by atoms with Gasteiger partial charge in [-0.15, -0.1) is 0 Å². The van der Waals surface area contributed by atoms with Gasteiger partial charge in [-0.3, -0.25) is 4.68 Å². The van der Waals surface area contributed by atoms with Crippen molar-refractivity contribution in [3.05, 3.63) is 18.0 Å². The van der Waals surface area contributed by atoms with Gasteiger partial charge in [-0.25, -0.2) is 0 Å². The van der Waals surface area contributed by atoms with Crippen molar-refractivity contribution in [1.82, 2.24) is 9.78 Å². The van der Waals surface area contributed by atoms with Crippen molar-refractivity contribution in [1.29, 1.82) is 0 Å². The minimum Gasteiger partial charge on any atom is -0.396 e. The van der Waals surface area contributed by atoms with Crippen LogP contribution in [-0.2, 0) is 6.42 Å². The van der Waals surface area contributed by atoms with E-state index in [1.165, 1.54) is 0 Å². The van der Waals surface area contributed by atoms with Gasteiger partial charge in [0, 0.05) is 30.6 Å². The molecule has 0 saturated heterocycles. The van der Waals surface area contributed by atoms with E-state index in [0.717, 1.165) is 18.5 Å². The summed E-state index contributed by atoms with van der Waals surface area (Å²) in [4.78, 5) is 0. The van der Waals surface area contributed by atoms with E-state index < -0.39 is 0 Å². The highest BCUT2D eigenvalue weighted by molar-refractivity contribution is 5.04. The second-order valence-corrected chi connectivity index (χ2v) is 4.77. The summed E-state index contributed by atoms with van der Waals surface area (Å²) < 4.78 is 1.93. The molecule has 1 aromatic heterocycles. The van der Waals surface area contributed by atoms with Gasteiger partial charge in [-0.2, -0.15) is 5.10 Å². The van der Waals surface area contributed by atoms with Crippen molar-refractivity contribution < 1.29 is 5.11 Å². The molecule has 1 rings (SSSR count). The summed E-state index contributed by atoms with van der Waals surface area (Å²) in [5, 5.41) is 13.9. The van der Waals surface area contributed by atoms with E-state index >= 15 is 0 Å². The topological polar surface area (TPSA) is 64.1 Å². The Hall–Kier alpha value is -0.870. The molecule has 0 aliphatic heterocycles. The average molecular weight is 225 g/mol. The van der Waals surface area contributed by atoms with Crippen LogP contribution in [0.15, 0.2) is 12.3 Å². The number of nitrogens with zero attached hydrogens (tertiary/aromatic N) is 2. The maximum absolute atomic E-state index is 9.44. The van der Waals surface area contributed by atoms with Crippen LogP contribution in [0.3, 0.4) is 0 Å².